The van der Waals surface area contributed by atoms with Gasteiger partial charge in [0.05, 0.1) is 7.11 Å². The second-order valence-corrected chi connectivity index (χ2v) is 5.88. The van der Waals surface area contributed by atoms with E-state index in [2.05, 4.69) is 5.32 Å². The normalized spacial score (nSPS) is 12.3. The minimum absolute atomic E-state index is 0.103. The maximum absolute atomic E-state index is 9.10. The molecule has 1 aliphatic rings. The monoisotopic (exact) mass is 405 g/mol. The van der Waals surface area contributed by atoms with Crippen molar-refractivity contribution in [1.29, 1.82) is 0 Å². The van der Waals surface area contributed by atoms with E-state index in [4.69, 9.17) is 38.7 Å². The summed E-state index contributed by atoms with van der Waals surface area (Å²) in [5.41, 5.74) is 1.07. The van der Waals surface area contributed by atoms with Gasteiger partial charge in [-0.05, 0) is 43.4 Å². The smallest absolute Gasteiger partial charge is 0.414 e. The Labute approximate surface area is 167 Å². The van der Waals surface area contributed by atoms with Gasteiger partial charge in [0, 0.05) is 6.42 Å². The number of carbonyl (C=O) groups is 2. The fourth-order valence-electron chi connectivity index (χ4n) is 2.56. The largest absolute Gasteiger partial charge is 0.497 e. The number of para-hydroxylation sites is 1. The summed E-state index contributed by atoms with van der Waals surface area (Å²) < 4.78 is 22.5. The van der Waals surface area contributed by atoms with E-state index in [1.165, 1.54) is 0 Å². The Kier molecular flexibility index (Phi) is 8.11. The third-order valence-corrected chi connectivity index (χ3v) is 3.93. The van der Waals surface area contributed by atoms with Crippen LogP contribution in [0.15, 0.2) is 42.5 Å². The molecule has 3 N–H and O–H groups in total. The Hall–Kier alpha value is -3.46. The van der Waals surface area contributed by atoms with Crippen LogP contribution in [0, 0.1) is 0 Å². The van der Waals surface area contributed by atoms with Crippen LogP contribution in [0.1, 0.15) is 18.1 Å². The average Bonchev–Trinajstić information content (AvgIpc) is 3.21. The number of hydrogen-bond donors (Lipinski definition) is 3. The van der Waals surface area contributed by atoms with Gasteiger partial charge in [0.2, 0.25) is 12.5 Å². The molecule has 0 radical (unpaired) electrons. The van der Waals surface area contributed by atoms with Crippen molar-refractivity contribution in [3.63, 3.8) is 0 Å². The first-order valence-electron chi connectivity index (χ1n) is 8.76. The van der Waals surface area contributed by atoms with Crippen molar-refractivity contribution in [1.82, 2.24) is 5.32 Å². The van der Waals surface area contributed by atoms with Crippen LogP contribution in [0.2, 0.25) is 0 Å². The second-order valence-electron chi connectivity index (χ2n) is 5.88. The van der Waals surface area contributed by atoms with Crippen LogP contribution in [-0.4, -0.2) is 49.6 Å². The maximum Gasteiger partial charge on any atom is 0.414 e. The highest BCUT2D eigenvalue weighted by molar-refractivity contribution is 6.27. The number of carboxylic acids is 2. The number of fused-ring (bicyclic) bond motifs is 1. The summed E-state index contributed by atoms with van der Waals surface area (Å²) in [5.74, 6) is -0.738. The topological polar surface area (TPSA) is 124 Å². The molecule has 9 nitrogen and oxygen atoms in total. The highest BCUT2D eigenvalue weighted by Gasteiger charge is 2.22. The predicted molar refractivity (Wildman–Crippen MR) is 103 cm³/mol. The van der Waals surface area contributed by atoms with Crippen LogP contribution in [-0.2, 0) is 9.59 Å². The lowest BCUT2D eigenvalue weighted by atomic mass is 10.1. The summed E-state index contributed by atoms with van der Waals surface area (Å²) in [5, 5.41) is 17.9. The Bertz CT molecular complexity index is 827. The van der Waals surface area contributed by atoms with Gasteiger partial charge < -0.3 is 34.5 Å². The molecule has 0 fully saturated rings. The Morgan fingerprint density at radius 3 is 2.52 bits per heavy atom. The molecule has 3 rings (SSSR count). The number of methoxy groups -OCH3 is 1. The summed E-state index contributed by atoms with van der Waals surface area (Å²) >= 11 is 0. The molecule has 0 aliphatic carbocycles. The molecule has 2 aromatic carbocycles. The zero-order valence-electron chi connectivity index (χ0n) is 16.1. The number of rotatable bonds is 7. The van der Waals surface area contributed by atoms with Crippen LogP contribution in [0.25, 0.3) is 0 Å². The Balaban J connectivity index is 0.000000438. The van der Waals surface area contributed by atoms with Crippen molar-refractivity contribution in [2.45, 2.75) is 12.5 Å². The number of benzene rings is 2. The van der Waals surface area contributed by atoms with Crippen LogP contribution in [0.3, 0.4) is 0 Å². The SMILES string of the molecule is CNCCC(Oc1cccc2c1OCO2)c1cccc(OC)c1.O=C(O)C(=O)O. The first-order chi connectivity index (χ1) is 14.0. The quantitative estimate of drug-likeness (QED) is 0.595. The van der Waals surface area contributed by atoms with Gasteiger partial charge in [-0.3, -0.25) is 0 Å². The maximum atomic E-state index is 9.10. The van der Waals surface area contributed by atoms with Crippen LogP contribution in [0.5, 0.6) is 23.0 Å². The fraction of sp³-hybridized carbons (Fsp3) is 0.300. The molecule has 2 aromatic rings. The van der Waals surface area contributed by atoms with Gasteiger partial charge in [-0.2, -0.15) is 0 Å². The Morgan fingerprint density at radius 2 is 1.86 bits per heavy atom. The molecule has 0 amide bonds. The zero-order chi connectivity index (χ0) is 21.2. The minimum atomic E-state index is -1.82. The van der Waals surface area contributed by atoms with Crippen LogP contribution >= 0.6 is 0 Å². The predicted octanol–water partition coefficient (Wildman–Crippen LogP) is 2.31. The molecule has 0 spiro atoms. The van der Waals surface area contributed by atoms with Gasteiger partial charge in [0.25, 0.3) is 0 Å². The van der Waals surface area contributed by atoms with Crippen molar-refractivity contribution in [2.75, 3.05) is 27.5 Å². The highest BCUT2D eigenvalue weighted by atomic mass is 16.7. The number of ether oxygens (including phenoxy) is 4. The number of nitrogens with one attached hydrogen (secondary N) is 1. The minimum Gasteiger partial charge on any atom is -0.497 e. The van der Waals surface area contributed by atoms with Gasteiger partial charge in [0.1, 0.15) is 11.9 Å². The number of hydrogen-bond acceptors (Lipinski definition) is 7. The van der Waals surface area contributed by atoms with Gasteiger partial charge in [-0.25, -0.2) is 9.59 Å². The van der Waals surface area contributed by atoms with E-state index < -0.39 is 11.9 Å². The molecule has 9 heteroatoms. The van der Waals surface area contributed by atoms with E-state index in [-0.39, 0.29) is 12.9 Å². The van der Waals surface area contributed by atoms with Crippen molar-refractivity contribution in [2.24, 2.45) is 0 Å². The second kappa shape index (κ2) is 10.8. The molecule has 0 saturated carbocycles. The third-order valence-electron chi connectivity index (χ3n) is 3.93. The molecule has 1 atom stereocenters. The molecule has 1 aliphatic heterocycles. The van der Waals surface area contributed by atoms with E-state index >= 15 is 0 Å². The van der Waals surface area contributed by atoms with Gasteiger partial charge in [0.15, 0.2) is 11.5 Å². The summed E-state index contributed by atoms with van der Waals surface area (Å²) in [4.78, 5) is 18.2. The van der Waals surface area contributed by atoms with Gasteiger partial charge in [-0.1, -0.05) is 18.2 Å². The van der Waals surface area contributed by atoms with Crippen molar-refractivity contribution in [3.05, 3.63) is 48.0 Å². The molecule has 29 heavy (non-hydrogen) atoms. The number of carboxylic acid groups (broad SMARTS) is 2. The molecular formula is C20H23NO8. The fourth-order valence-corrected chi connectivity index (χ4v) is 2.56. The first-order valence-corrected chi connectivity index (χ1v) is 8.76. The van der Waals surface area contributed by atoms with Gasteiger partial charge in [-0.15, -0.1) is 0 Å². The molecular weight excluding hydrogens is 382 g/mol. The zero-order valence-corrected chi connectivity index (χ0v) is 16.1. The van der Waals surface area contributed by atoms with E-state index in [1.54, 1.807) is 7.11 Å². The highest BCUT2D eigenvalue weighted by Crippen LogP contribution is 2.42. The number of aliphatic carboxylic acids is 2. The molecule has 0 saturated heterocycles. The van der Waals surface area contributed by atoms with E-state index in [0.717, 1.165) is 30.0 Å². The van der Waals surface area contributed by atoms with E-state index in [9.17, 15) is 0 Å². The lowest BCUT2D eigenvalue weighted by Gasteiger charge is -2.21. The summed E-state index contributed by atoms with van der Waals surface area (Å²) in [6.45, 7) is 1.07. The standard InChI is InChI=1S/C18H21NO4.C2H2O4/c1-19-10-9-15(13-5-3-6-14(11-13)20-2)23-17-8-4-7-16-18(17)22-12-21-16;3-1(4)2(5)6/h3-8,11,15,19H,9-10,12H2,1-2H3;(H,3,4)(H,5,6). The lowest BCUT2D eigenvalue weighted by Crippen LogP contribution is -2.16. The van der Waals surface area contributed by atoms with Crippen molar-refractivity contribution >= 4 is 11.9 Å². The third kappa shape index (κ3) is 6.28. The molecule has 0 bridgehead atoms. The van der Waals surface area contributed by atoms with E-state index in [0.29, 0.717) is 11.5 Å². The van der Waals surface area contributed by atoms with Crippen molar-refractivity contribution in [3.8, 4) is 23.0 Å². The van der Waals surface area contributed by atoms with E-state index in [1.807, 2.05) is 49.5 Å². The van der Waals surface area contributed by atoms with Crippen LogP contribution in [0.4, 0.5) is 0 Å². The van der Waals surface area contributed by atoms with Gasteiger partial charge >= 0.3 is 11.9 Å². The molecule has 1 unspecified atom stereocenters. The molecule has 0 aromatic heterocycles. The van der Waals surface area contributed by atoms with Crippen LogP contribution < -0.4 is 24.3 Å². The molecule has 156 valence electrons. The van der Waals surface area contributed by atoms with Crippen molar-refractivity contribution < 1.29 is 38.7 Å². The average molecular weight is 405 g/mol. The summed E-state index contributed by atoms with van der Waals surface area (Å²) in [7, 11) is 3.59. The Morgan fingerprint density at radius 1 is 1.14 bits per heavy atom. The lowest BCUT2D eigenvalue weighted by molar-refractivity contribution is -0.159. The first kappa shape index (κ1) is 21.8. The summed E-state index contributed by atoms with van der Waals surface area (Å²) in [6.07, 6.45) is 0.724. The molecule has 1 heterocycles. The summed E-state index contributed by atoms with van der Waals surface area (Å²) in [6, 6.07) is 13.6.